The lowest BCUT2D eigenvalue weighted by molar-refractivity contribution is 0.0695. The van der Waals surface area contributed by atoms with E-state index < -0.39 is 12.1 Å². The highest BCUT2D eigenvalue weighted by Crippen LogP contribution is 2.24. The maximum atomic E-state index is 10.8. The van der Waals surface area contributed by atoms with E-state index in [0.29, 0.717) is 0 Å². The number of hydrogen-bond donors (Lipinski definition) is 2. The van der Waals surface area contributed by atoms with Crippen LogP contribution in [0.5, 0.6) is 0 Å². The second-order valence-corrected chi connectivity index (χ2v) is 5.71. The highest BCUT2D eigenvalue weighted by molar-refractivity contribution is 5.87. The summed E-state index contributed by atoms with van der Waals surface area (Å²) >= 11 is 0. The Balaban J connectivity index is 1.94. The zero-order valence-corrected chi connectivity index (χ0v) is 12.0. The second kappa shape index (κ2) is 6.86. The normalized spacial score (nSPS) is 19.5. The lowest BCUT2D eigenvalue weighted by Crippen LogP contribution is -2.35. The quantitative estimate of drug-likeness (QED) is 0.868. The van der Waals surface area contributed by atoms with Crippen molar-refractivity contribution in [2.75, 3.05) is 19.6 Å². The summed E-state index contributed by atoms with van der Waals surface area (Å²) in [6.45, 7) is 5.18. The minimum Gasteiger partial charge on any atom is -0.478 e. The van der Waals surface area contributed by atoms with Gasteiger partial charge in [-0.25, -0.2) is 4.79 Å². The average molecular weight is 277 g/mol. The van der Waals surface area contributed by atoms with Crippen LogP contribution in [0.4, 0.5) is 0 Å². The Morgan fingerprint density at radius 1 is 1.20 bits per heavy atom. The number of hydrogen-bond acceptors (Lipinski definition) is 3. The number of nitrogens with zero attached hydrogens (tertiary/aromatic N) is 1. The smallest absolute Gasteiger partial charge is 0.335 e. The van der Waals surface area contributed by atoms with Gasteiger partial charge in [-0.1, -0.05) is 25.5 Å². The number of aliphatic hydroxyl groups is 1. The number of rotatable bonds is 5. The molecule has 1 aliphatic heterocycles. The van der Waals surface area contributed by atoms with Gasteiger partial charge in [0.2, 0.25) is 0 Å². The molecule has 2 rings (SSSR count). The van der Waals surface area contributed by atoms with E-state index in [4.69, 9.17) is 5.11 Å². The molecular weight excluding hydrogens is 254 g/mol. The van der Waals surface area contributed by atoms with Crippen molar-refractivity contribution >= 4 is 5.97 Å². The number of carbonyl (C=O) groups is 1. The third kappa shape index (κ3) is 3.81. The van der Waals surface area contributed by atoms with Gasteiger partial charge in [0.15, 0.2) is 0 Å². The number of aliphatic hydroxyl groups excluding tert-OH is 1. The second-order valence-electron chi connectivity index (χ2n) is 5.71. The van der Waals surface area contributed by atoms with E-state index in [2.05, 4.69) is 4.90 Å². The zero-order valence-electron chi connectivity index (χ0n) is 12.0. The van der Waals surface area contributed by atoms with Crippen molar-refractivity contribution in [1.82, 2.24) is 4.90 Å². The lowest BCUT2D eigenvalue weighted by atomic mass is 9.95. The molecule has 1 saturated heterocycles. The minimum absolute atomic E-state index is 0.142. The predicted molar refractivity (Wildman–Crippen MR) is 77.8 cm³/mol. The Morgan fingerprint density at radius 3 is 2.35 bits per heavy atom. The highest BCUT2D eigenvalue weighted by atomic mass is 16.4. The molecule has 4 heteroatoms. The standard InChI is InChI=1S/C16H23NO3/c1-12(11-17-9-3-2-4-10-17)15(18)13-5-7-14(8-6-13)16(19)20/h5-8,12,15,18H,2-4,9-11H2,1H3,(H,19,20)/t12-,15-/m0/s1. The van der Waals surface area contributed by atoms with Crippen LogP contribution in [0.3, 0.4) is 0 Å². The summed E-state index contributed by atoms with van der Waals surface area (Å²) in [5, 5.41) is 19.2. The fraction of sp³-hybridized carbons (Fsp3) is 0.562. The summed E-state index contributed by atoms with van der Waals surface area (Å²) in [4.78, 5) is 13.2. The molecule has 2 atom stereocenters. The average Bonchev–Trinajstić information content (AvgIpc) is 2.47. The monoisotopic (exact) mass is 277 g/mol. The Morgan fingerprint density at radius 2 is 1.80 bits per heavy atom. The SMILES string of the molecule is C[C@@H](CN1CCCCC1)[C@H](O)c1ccc(C(=O)O)cc1. The molecule has 0 aliphatic carbocycles. The summed E-state index contributed by atoms with van der Waals surface area (Å²) in [6, 6.07) is 6.52. The van der Waals surface area contributed by atoms with Crippen LogP contribution in [0.15, 0.2) is 24.3 Å². The van der Waals surface area contributed by atoms with Crippen molar-refractivity contribution < 1.29 is 15.0 Å². The van der Waals surface area contributed by atoms with Crippen molar-refractivity contribution in [1.29, 1.82) is 0 Å². The fourth-order valence-corrected chi connectivity index (χ4v) is 2.80. The molecule has 20 heavy (non-hydrogen) atoms. The Hall–Kier alpha value is -1.39. The third-order valence-electron chi connectivity index (χ3n) is 4.03. The number of benzene rings is 1. The van der Waals surface area contributed by atoms with Gasteiger partial charge >= 0.3 is 5.97 Å². The van der Waals surface area contributed by atoms with Gasteiger partial charge in [-0.3, -0.25) is 0 Å². The Kier molecular flexibility index (Phi) is 5.15. The molecule has 1 aliphatic rings. The molecule has 1 aromatic carbocycles. The van der Waals surface area contributed by atoms with Gasteiger partial charge in [0.05, 0.1) is 11.7 Å². The molecule has 1 aromatic rings. The zero-order chi connectivity index (χ0) is 14.5. The number of aromatic carboxylic acids is 1. The van der Waals surface area contributed by atoms with Crippen molar-refractivity contribution in [2.45, 2.75) is 32.3 Å². The first-order valence-electron chi connectivity index (χ1n) is 7.31. The van der Waals surface area contributed by atoms with Crippen molar-refractivity contribution in [3.8, 4) is 0 Å². The first-order valence-corrected chi connectivity index (χ1v) is 7.31. The molecular formula is C16H23NO3. The van der Waals surface area contributed by atoms with Crippen LogP contribution in [-0.4, -0.2) is 40.7 Å². The van der Waals surface area contributed by atoms with Crippen LogP contribution < -0.4 is 0 Å². The van der Waals surface area contributed by atoms with Gasteiger partial charge in [-0.2, -0.15) is 0 Å². The van der Waals surface area contributed by atoms with E-state index in [0.717, 1.165) is 25.2 Å². The largest absolute Gasteiger partial charge is 0.478 e. The predicted octanol–water partition coefficient (Wildman–Crippen LogP) is 2.54. The van der Waals surface area contributed by atoms with Crippen LogP contribution in [0.25, 0.3) is 0 Å². The van der Waals surface area contributed by atoms with Gasteiger partial charge in [-0.05, 0) is 49.5 Å². The molecule has 0 bridgehead atoms. The number of carboxylic acid groups (broad SMARTS) is 1. The van der Waals surface area contributed by atoms with Crippen LogP contribution >= 0.6 is 0 Å². The van der Waals surface area contributed by atoms with Crippen LogP contribution in [0.2, 0.25) is 0 Å². The van der Waals surface area contributed by atoms with Gasteiger partial charge in [0.1, 0.15) is 0 Å². The summed E-state index contributed by atoms with van der Waals surface area (Å²) in [6.07, 6.45) is 3.26. The molecule has 0 spiro atoms. The minimum atomic E-state index is -0.938. The third-order valence-corrected chi connectivity index (χ3v) is 4.03. The number of likely N-dealkylation sites (tertiary alicyclic amines) is 1. The summed E-state index contributed by atoms with van der Waals surface area (Å²) in [5.74, 6) is -0.795. The molecule has 2 N–H and O–H groups in total. The van der Waals surface area contributed by atoms with E-state index >= 15 is 0 Å². The number of carboxylic acids is 1. The Bertz CT molecular complexity index is 438. The highest BCUT2D eigenvalue weighted by Gasteiger charge is 2.20. The summed E-state index contributed by atoms with van der Waals surface area (Å²) in [7, 11) is 0. The van der Waals surface area contributed by atoms with E-state index in [1.165, 1.54) is 19.3 Å². The van der Waals surface area contributed by atoms with Crippen molar-refractivity contribution in [2.24, 2.45) is 5.92 Å². The lowest BCUT2D eigenvalue weighted by Gasteiger charge is -2.31. The van der Waals surface area contributed by atoms with Crippen LogP contribution in [-0.2, 0) is 0 Å². The maximum absolute atomic E-state index is 10.8. The molecule has 0 saturated carbocycles. The van der Waals surface area contributed by atoms with E-state index in [1.54, 1.807) is 24.3 Å². The topological polar surface area (TPSA) is 60.8 Å². The van der Waals surface area contributed by atoms with Gasteiger partial charge in [-0.15, -0.1) is 0 Å². The number of piperidine rings is 1. The summed E-state index contributed by atoms with van der Waals surface area (Å²) in [5.41, 5.74) is 1.05. The van der Waals surface area contributed by atoms with E-state index in [-0.39, 0.29) is 11.5 Å². The molecule has 0 amide bonds. The maximum Gasteiger partial charge on any atom is 0.335 e. The molecule has 0 radical (unpaired) electrons. The fourth-order valence-electron chi connectivity index (χ4n) is 2.80. The van der Waals surface area contributed by atoms with Crippen molar-refractivity contribution in [3.63, 3.8) is 0 Å². The van der Waals surface area contributed by atoms with Crippen LogP contribution in [0, 0.1) is 5.92 Å². The molecule has 4 nitrogen and oxygen atoms in total. The summed E-state index contributed by atoms with van der Waals surface area (Å²) < 4.78 is 0. The molecule has 1 fully saturated rings. The first-order chi connectivity index (χ1) is 9.58. The first kappa shape index (κ1) is 15.0. The molecule has 1 heterocycles. The van der Waals surface area contributed by atoms with E-state index in [1.807, 2.05) is 6.92 Å². The van der Waals surface area contributed by atoms with Gasteiger partial charge < -0.3 is 15.1 Å². The van der Waals surface area contributed by atoms with E-state index in [9.17, 15) is 9.90 Å². The van der Waals surface area contributed by atoms with Crippen LogP contribution in [0.1, 0.15) is 48.2 Å². The molecule has 110 valence electrons. The van der Waals surface area contributed by atoms with Gasteiger partial charge in [0, 0.05) is 6.54 Å². The molecule has 0 unspecified atom stereocenters. The van der Waals surface area contributed by atoms with Crippen molar-refractivity contribution in [3.05, 3.63) is 35.4 Å². The Labute approximate surface area is 120 Å². The van der Waals surface area contributed by atoms with Gasteiger partial charge in [0.25, 0.3) is 0 Å². The molecule has 0 aromatic heterocycles.